The molecule has 1 aliphatic heterocycles. The highest BCUT2D eigenvalue weighted by molar-refractivity contribution is 5.89. The Morgan fingerprint density at radius 1 is 1.47 bits per heavy atom. The van der Waals surface area contributed by atoms with Gasteiger partial charge >= 0.3 is 6.09 Å². The van der Waals surface area contributed by atoms with Crippen LogP contribution in [0, 0.1) is 12.3 Å². The van der Waals surface area contributed by atoms with Crippen molar-refractivity contribution < 1.29 is 14.3 Å². The fraction of sp³-hybridized carbons (Fsp3) is 0.308. The number of hydrogen-bond acceptors (Lipinski definition) is 3. The second kappa shape index (κ2) is 5.37. The van der Waals surface area contributed by atoms with E-state index in [0.29, 0.717) is 13.2 Å². The summed E-state index contributed by atoms with van der Waals surface area (Å²) in [6.45, 7) is 1.06. The minimum Gasteiger partial charge on any atom is -0.441 e. The highest BCUT2D eigenvalue weighted by Crippen LogP contribution is 2.20. The molecule has 4 heteroatoms. The molecule has 1 fully saturated rings. The molecule has 0 N–H and O–H groups in total. The molecule has 0 spiro atoms. The summed E-state index contributed by atoms with van der Waals surface area (Å²) in [7, 11) is 0. The lowest BCUT2D eigenvalue weighted by atomic mass is 10.3. The number of nitrogens with zero attached hydrogens (tertiary/aromatic N) is 1. The van der Waals surface area contributed by atoms with Crippen LogP contribution in [0.25, 0.3) is 0 Å². The molecule has 0 radical (unpaired) electrons. The van der Waals surface area contributed by atoms with Gasteiger partial charge in [0.15, 0.2) is 0 Å². The number of ether oxygens (including phenoxy) is 2. The van der Waals surface area contributed by atoms with E-state index in [0.717, 1.165) is 5.69 Å². The van der Waals surface area contributed by atoms with Gasteiger partial charge in [0.05, 0.1) is 13.2 Å². The zero-order chi connectivity index (χ0) is 12.1. The first-order valence-corrected chi connectivity index (χ1v) is 5.35. The molecule has 17 heavy (non-hydrogen) atoms. The van der Waals surface area contributed by atoms with E-state index in [9.17, 15) is 4.79 Å². The third-order valence-electron chi connectivity index (χ3n) is 2.43. The predicted octanol–water partition coefficient (Wildman–Crippen LogP) is 1.66. The zero-order valence-electron chi connectivity index (χ0n) is 9.33. The first-order valence-electron chi connectivity index (χ1n) is 5.35. The number of terminal acetylenes is 1. The van der Waals surface area contributed by atoms with Crippen LogP contribution in [-0.4, -0.2) is 32.0 Å². The van der Waals surface area contributed by atoms with Gasteiger partial charge in [-0.1, -0.05) is 24.1 Å². The van der Waals surface area contributed by atoms with Crippen LogP contribution >= 0.6 is 0 Å². The number of benzene rings is 1. The van der Waals surface area contributed by atoms with E-state index in [-0.39, 0.29) is 18.8 Å². The van der Waals surface area contributed by atoms with Crippen molar-refractivity contribution in [2.45, 2.75) is 6.10 Å². The number of carbonyl (C=O) groups is 1. The minimum atomic E-state index is -0.342. The van der Waals surface area contributed by atoms with Crippen LogP contribution in [-0.2, 0) is 9.47 Å². The van der Waals surface area contributed by atoms with Gasteiger partial charge in [-0.15, -0.1) is 6.42 Å². The van der Waals surface area contributed by atoms with Crippen molar-refractivity contribution in [3.8, 4) is 12.3 Å². The van der Waals surface area contributed by atoms with Gasteiger partial charge in [0.25, 0.3) is 0 Å². The second-order valence-corrected chi connectivity index (χ2v) is 3.67. The van der Waals surface area contributed by atoms with Gasteiger partial charge in [-0.05, 0) is 12.1 Å². The molecular weight excluding hydrogens is 218 g/mol. The molecular formula is C13H13NO3. The largest absolute Gasteiger partial charge is 0.441 e. The number of hydrogen-bond donors (Lipinski definition) is 0. The van der Waals surface area contributed by atoms with Gasteiger partial charge in [0.1, 0.15) is 12.7 Å². The van der Waals surface area contributed by atoms with E-state index >= 15 is 0 Å². The molecule has 0 saturated carbocycles. The van der Waals surface area contributed by atoms with Gasteiger partial charge in [-0.3, -0.25) is 4.90 Å². The lowest BCUT2D eigenvalue weighted by Crippen LogP contribution is -2.25. The highest BCUT2D eigenvalue weighted by Gasteiger charge is 2.32. The molecule has 1 saturated heterocycles. The Bertz CT molecular complexity index is 424. The fourth-order valence-corrected chi connectivity index (χ4v) is 1.68. The SMILES string of the molecule is C#CCOC[C@H]1CN(c2ccccc2)C(=O)O1. The minimum absolute atomic E-state index is 0.236. The van der Waals surface area contributed by atoms with Crippen molar-refractivity contribution in [1.82, 2.24) is 0 Å². The van der Waals surface area contributed by atoms with Crippen molar-refractivity contribution in [1.29, 1.82) is 0 Å². The van der Waals surface area contributed by atoms with E-state index in [2.05, 4.69) is 5.92 Å². The Balaban J connectivity index is 1.94. The molecule has 88 valence electrons. The quantitative estimate of drug-likeness (QED) is 0.584. The van der Waals surface area contributed by atoms with Crippen LogP contribution in [0.1, 0.15) is 0 Å². The number of anilines is 1. The lowest BCUT2D eigenvalue weighted by molar-refractivity contribution is 0.0598. The average molecular weight is 231 g/mol. The van der Waals surface area contributed by atoms with E-state index in [1.807, 2.05) is 30.3 Å². The van der Waals surface area contributed by atoms with E-state index in [1.165, 1.54) is 0 Å². The molecule has 2 rings (SSSR count). The van der Waals surface area contributed by atoms with Crippen molar-refractivity contribution in [2.24, 2.45) is 0 Å². The summed E-state index contributed by atoms with van der Waals surface area (Å²) in [4.78, 5) is 13.2. The molecule has 1 heterocycles. The van der Waals surface area contributed by atoms with Crippen LogP contribution in [0.3, 0.4) is 0 Å². The maximum absolute atomic E-state index is 11.6. The van der Waals surface area contributed by atoms with Gasteiger partial charge in [0, 0.05) is 5.69 Å². The average Bonchev–Trinajstić information content (AvgIpc) is 2.72. The zero-order valence-corrected chi connectivity index (χ0v) is 9.33. The monoisotopic (exact) mass is 231 g/mol. The highest BCUT2D eigenvalue weighted by atomic mass is 16.6. The van der Waals surface area contributed by atoms with Crippen LogP contribution in [0.2, 0.25) is 0 Å². The second-order valence-electron chi connectivity index (χ2n) is 3.67. The molecule has 0 aromatic heterocycles. The van der Waals surface area contributed by atoms with Crippen LogP contribution in [0.4, 0.5) is 10.5 Å². The normalized spacial score (nSPS) is 18.9. The van der Waals surface area contributed by atoms with E-state index in [4.69, 9.17) is 15.9 Å². The standard InChI is InChI=1S/C13H13NO3/c1-2-8-16-10-12-9-14(13(15)17-12)11-6-4-3-5-7-11/h1,3-7,12H,8-10H2/t12-/m1/s1. The topological polar surface area (TPSA) is 38.8 Å². The van der Waals surface area contributed by atoms with Crippen molar-refractivity contribution in [3.05, 3.63) is 30.3 Å². The smallest absolute Gasteiger partial charge is 0.414 e. The van der Waals surface area contributed by atoms with Crippen LogP contribution in [0.15, 0.2) is 30.3 Å². The summed E-state index contributed by atoms with van der Waals surface area (Å²) in [6.07, 6.45) is 4.47. The summed E-state index contributed by atoms with van der Waals surface area (Å²) < 4.78 is 10.3. The Labute approximate surface area is 100 Å². The number of cyclic esters (lactones) is 1. The van der Waals surface area contributed by atoms with Gasteiger partial charge in [-0.2, -0.15) is 0 Å². The number of para-hydroxylation sites is 1. The molecule has 0 bridgehead atoms. The number of rotatable bonds is 4. The third kappa shape index (κ3) is 2.77. The Hall–Kier alpha value is -1.99. The summed E-state index contributed by atoms with van der Waals surface area (Å²) in [6, 6.07) is 9.39. The Morgan fingerprint density at radius 3 is 2.94 bits per heavy atom. The molecule has 1 amide bonds. The molecule has 0 unspecified atom stereocenters. The van der Waals surface area contributed by atoms with Crippen LogP contribution < -0.4 is 4.90 Å². The summed E-state index contributed by atoms with van der Waals surface area (Å²) in [5, 5.41) is 0. The summed E-state index contributed by atoms with van der Waals surface area (Å²) in [5.74, 6) is 2.37. The molecule has 0 aliphatic carbocycles. The predicted molar refractivity (Wildman–Crippen MR) is 63.7 cm³/mol. The Kier molecular flexibility index (Phi) is 3.63. The van der Waals surface area contributed by atoms with Crippen molar-refractivity contribution >= 4 is 11.8 Å². The first kappa shape index (κ1) is 11.5. The lowest BCUT2D eigenvalue weighted by Gasteiger charge is -2.12. The van der Waals surface area contributed by atoms with Gasteiger partial charge in [-0.25, -0.2) is 4.79 Å². The first-order chi connectivity index (χ1) is 8.31. The van der Waals surface area contributed by atoms with Crippen LogP contribution in [0.5, 0.6) is 0 Å². The summed E-state index contributed by atoms with van der Waals surface area (Å²) >= 11 is 0. The molecule has 1 aromatic rings. The van der Waals surface area contributed by atoms with Gasteiger partial charge < -0.3 is 9.47 Å². The maximum atomic E-state index is 11.6. The van der Waals surface area contributed by atoms with Crippen molar-refractivity contribution in [3.63, 3.8) is 0 Å². The summed E-state index contributed by atoms with van der Waals surface area (Å²) in [5.41, 5.74) is 0.831. The number of amides is 1. The number of carbonyl (C=O) groups excluding carboxylic acids is 1. The van der Waals surface area contributed by atoms with E-state index in [1.54, 1.807) is 4.90 Å². The molecule has 4 nitrogen and oxygen atoms in total. The molecule has 1 aromatic carbocycles. The fourth-order valence-electron chi connectivity index (χ4n) is 1.68. The molecule has 1 aliphatic rings. The van der Waals surface area contributed by atoms with E-state index < -0.39 is 0 Å². The van der Waals surface area contributed by atoms with Crippen molar-refractivity contribution in [2.75, 3.05) is 24.7 Å². The molecule has 1 atom stereocenters. The third-order valence-corrected chi connectivity index (χ3v) is 2.43. The van der Waals surface area contributed by atoms with Gasteiger partial charge in [0.2, 0.25) is 0 Å². The Morgan fingerprint density at radius 2 is 2.24 bits per heavy atom. The maximum Gasteiger partial charge on any atom is 0.414 e.